The molecule has 0 aromatic heterocycles. The van der Waals surface area contributed by atoms with Crippen LogP contribution >= 0.6 is 11.8 Å². The molecule has 0 radical (unpaired) electrons. The molecule has 25 heavy (non-hydrogen) atoms. The highest BCUT2D eigenvalue weighted by molar-refractivity contribution is 8.16. The quantitative estimate of drug-likeness (QED) is 0.796. The van der Waals surface area contributed by atoms with E-state index in [1.54, 1.807) is 7.11 Å². The lowest BCUT2D eigenvalue weighted by Gasteiger charge is -2.26. The minimum Gasteiger partial charge on any atom is -0.495 e. The van der Waals surface area contributed by atoms with E-state index >= 15 is 0 Å². The molecule has 1 aromatic rings. The van der Waals surface area contributed by atoms with Gasteiger partial charge in [-0.25, -0.2) is 8.42 Å². The Hall–Kier alpha value is -1.54. The van der Waals surface area contributed by atoms with Gasteiger partial charge in [0.15, 0.2) is 15.0 Å². The van der Waals surface area contributed by atoms with E-state index in [4.69, 9.17) is 4.74 Å². The molecule has 2 fully saturated rings. The number of methoxy groups -OCH3 is 1. The summed E-state index contributed by atoms with van der Waals surface area (Å²) in [5.41, 5.74) is 0.748. The van der Waals surface area contributed by atoms with Crippen LogP contribution in [0.3, 0.4) is 0 Å². The normalized spacial score (nSPS) is 26.2. The Balaban J connectivity index is 2.01. The minimum atomic E-state index is -3.08. The molecule has 2 saturated heterocycles. The van der Waals surface area contributed by atoms with Crippen molar-refractivity contribution in [2.75, 3.05) is 23.5 Å². The summed E-state index contributed by atoms with van der Waals surface area (Å²) >= 11 is 1.38. The van der Waals surface area contributed by atoms with E-state index in [-0.39, 0.29) is 34.6 Å². The fourth-order valence-electron chi connectivity index (χ4n) is 3.18. The number of benzene rings is 1. The van der Waals surface area contributed by atoms with Crippen molar-refractivity contribution in [2.24, 2.45) is 10.9 Å². The number of thioether (sulfide) groups is 1. The maximum atomic E-state index is 12.2. The Morgan fingerprint density at radius 2 is 2.08 bits per heavy atom. The van der Waals surface area contributed by atoms with Crippen LogP contribution in [0, 0.1) is 5.92 Å². The predicted octanol–water partition coefficient (Wildman–Crippen LogP) is 2.34. The molecule has 1 amide bonds. The molecule has 0 aliphatic carbocycles. The molecule has 2 aliphatic rings. The van der Waals surface area contributed by atoms with Crippen LogP contribution in [-0.2, 0) is 14.6 Å². The summed E-state index contributed by atoms with van der Waals surface area (Å²) in [6.07, 6.45) is 0.372. The zero-order valence-electron chi connectivity index (χ0n) is 14.5. The van der Waals surface area contributed by atoms with Gasteiger partial charge in [0.05, 0.1) is 30.3 Å². The number of para-hydroxylation sites is 2. The van der Waals surface area contributed by atoms with E-state index in [9.17, 15) is 13.2 Å². The van der Waals surface area contributed by atoms with Crippen molar-refractivity contribution in [3.8, 4) is 5.75 Å². The molecule has 2 atom stereocenters. The molecule has 0 saturated carbocycles. The molecule has 1 aromatic carbocycles. The maximum absolute atomic E-state index is 12.2. The molecular weight excluding hydrogens is 360 g/mol. The van der Waals surface area contributed by atoms with Crippen LogP contribution in [0.5, 0.6) is 5.75 Å². The standard InChI is InChI=1S/C17H22N2O4S2/c1-11(2)8-16(20)18-17-19(12-6-4-5-7-14(12)23-3)13-9-25(21,22)10-15(13)24-17/h4-7,11,13,15H,8-10H2,1-3H3/t13-,15+/m1/s1. The van der Waals surface area contributed by atoms with Crippen LogP contribution in [0.25, 0.3) is 0 Å². The number of sulfone groups is 1. The second-order valence-corrected chi connectivity index (χ2v) is 10.1. The number of nitrogens with zero attached hydrogens (tertiary/aromatic N) is 2. The highest BCUT2D eigenvalue weighted by Crippen LogP contribution is 2.43. The number of amidine groups is 1. The summed E-state index contributed by atoms with van der Waals surface area (Å²) in [4.78, 5) is 18.4. The lowest BCUT2D eigenvalue weighted by molar-refractivity contribution is -0.118. The largest absolute Gasteiger partial charge is 0.495 e. The first-order chi connectivity index (χ1) is 11.8. The van der Waals surface area contributed by atoms with Gasteiger partial charge in [0.25, 0.3) is 0 Å². The Labute approximate surface area is 152 Å². The fraction of sp³-hybridized carbons (Fsp3) is 0.529. The number of hydrogen-bond donors (Lipinski definition) is 0. The molecule has 3 rings (SSSR count). The monoisotopic (exact) mass is 382 g/mol. The van der Waals surface area contributed by atoms with Crippen molar-refractivity contribution < 1.29 is 17.9 Å². The summed E-state index contributed by atoms with van der Waals surface area (Å²) in [5.74, 6) is 0.867. The molecule has 136 valence electrons. The molecule has 2 heterocycles. The van der Waals surface area contributed by atoms with Crippen molar-refractivity contribution >= 4 is 38.4 Å². The number of anilines is 1. The third-order valence-electron chi connectivity index (χ3n) is 4.21. The topological polar surface area (TPSA) is 76.0 Å². The lowest BCUT2D eigenvalue weighted by Crippen LogP contribution is -2.38. The van der Waals surface area contributed by atoms with E-state index in [0.717, 1.165) is 5.69 Å². The molecule has 2 aliphatic heterocycles. The Bertz CT molecular complexity index is 805. The number of carbonyl (C=O) groups is 1. The van der Waals surface area contributed by atoms with Gasteiger partial charge in [-0.15, -0.1) is 0 Å². The summed E-state index contributed by atoms with van der Waals surface area (Å²) in [7, 11) is -1.51. The zero-order chi connectivity index (χ0) is 18.2. The minimum absolute atomic E-state index is 0.0695. The Morgan fingerprint density at radius 1 is 1.36 bits per heavy atom. The average Bonchev–Trinajstić information content (AvgIpc) is 2.97. The first-order valence-corrected chi connectivity index (χ1v) is 10.9. The molecule has 8 heteroatoms. The van der Waals surface area contributed by atoms with Gasteiger partial charge in [-0.1, -0.05) is 37.7 Å². The number of carbonyl (C=O) groups excluding carboxylic acids is 1. The zero-order valence-corrected chi connectivity index (χ0v) is 16.1. The average molecular weight is 383 g/mol. The first-order valence-electron chi connectivity index (χ1n) is 8.21. The Kier molecular flexibility index (Phi) is 5.11. The van der Waals surface area contributed by atoms with Crippen molar-refractivity contribution in [1.29, 1.82) is 0 Å². The SMILES string of the molecule is COc1ccccc1N1C(=NC(=O)CC(C)C)S[C@H]2CS(=O)(=O)C[C@H]21. The van der Waals surface area contributed by atoms with Gasteiger partial charge in [-0.05, 0) is 18.1 Å². The summed E-state index contributed by atoms with van der Waals surface area (Å²) < 4.78 is 29.6. The molecule has 0 bridgehead atoms. The van der Waals surface area contributed by atoms with E-state index in [1.165, 1.54) is 11.8 Å². The van der Waals surface area contributed by atoms with Gasteiger partial charge < -0.3 is 9.64 Å². The molecule has 0 unspecified atom stereocenters. The number of rotatable bonds is 4. The van der Waals surface area contributed by atoms with Crippen LogP contribution in [0.15, 0.2) is 29.3 Å². The van der Waals surface area contributed by atoms with Crippen LogP contribution in [0.4, 0.5) is 5.69 Å². The van der Waals surface area contributed by atoms with Crippen LogP contribution in [0.1, 0.15) is 20.3 Å². The summed E-state index contributed by atoms with van der Waals surface area (Å²) in [6.45, 7) is 3.94. The predicted molar refractivity (Wildman–Crippen MR) is 101 cm³/mol. The molecule has 6 nitrogen and oxygen atoms in total. The van der Waals surface area contributed by atoms with Crippen molar-refractivity contribution in [1.82, 2.24) is 0 Å². The van der Waals surface area contributed by atoms with Crippen molar-refractivity contribution in [3.63, 3.8) is 0 Å². The first kappa shape index (κ1) is 18.3. The lowest BCUT2D eigenvalue weighted by atomic mass is 10.1. The van der Waals surface area contributed by atoms with E-state index in [2.05, 4.69) is 4.99 Å². The highest BCUT2D eigenvalue weighted by atomic mass is 32.2. The Morgan fingerprint density at radius 3 is 2.76 bits per heavy atom. The molecule has 0 spiro atoms. The second-order valence-electron chi connectivity index (χ2n) is 6.73. The number of fused-ring (bicyclic) bond motifs is 1. The number of hydrogen-bond acceptors (Lipinski definition) is 5. The number of ether oxygens (including phenoxy) is 1. The van der Waals surface area contributed by atoms with E-state index < -0.39 is 9.84 Å². The second kappa shape index (κ2) is 6.99. The van der Waals surface area contributed by atoms with Crippen molar-refractivity contribution in [2.45, 2.75) is 31.6 Å². The van der Waals surface area contributed by atoms with E-state index in [1.807, 2.05) is 43.0 Å². The maximum Gasteiger partial charge on any atom is 0.248 e. The highest BCUT2D eigenvalue weighted by Gasteiger charge is 2.49. The van der Waals surface area contributed by atoms with Gasteiger partial charge in [-0.2, -0.15) is 4.99 Å². The third-order valence-corrected chi connectivity index (χ3v) is 7.42. The van der Waals surface area contributed by atoms with Crippen molar-refractivity contribution in [3.05, 3.63) is 24.3 Å². The summed E-state index contributed by atoms with van der Waals surface area (Å²) in [6, 6.07) is 7.19. The van der Waals surface area contributed by atoms with Gasteiger partial charge in [-0.3, -0.25) is 4.79 Å². The molecule has 0 N–H and O–H groups in total. The van der Waals surface area contributed by atoms with E-state index in [0.29, 0.717) is 17.3 Å². The van der Waals surface area contributed by atoms with Gasteiger partial charge in [0.1, 0.15) is 5.75 Å². The van der Waals surface area contributed by atoms with Gasteiger partial charge in [0, 0.05) is 11.7 Å². The van der Waals surface area contributed by atoms with Crippen LogP contribution < -0.4 is 9.64 Å². The smallest absolute Gasteiger partial charge is 0.248 e. The van der Waals surface area contributed by atoms with Crippen LogP contribution in [-0.4, -0.2) is 49.4 Å². The number of aliphatic imine (C=N–C) groups is 1. The summed E-state index contributed by atoms with van der Waals surface area (Å²) in [5, 5.41) is 0.459. The van der Waals surface area contributed by atoms with Crippen LogP contribution in [0.2, 0.25) is 0 Å². The van der Waals surface area contributed by atoms with Gasteiger partial charge >= 0.3 is 0 Å². The van der Waals surface area contributed by atoms with Gasteiger partial charge in [0.2, 0.25) is 5.91 Å². The third kappa shape index (κ3) is 3.84. The fourth-order valence-corrected chi connectivity index (χ4v) is 7.10. The molecular formula is C17H22N2O4S2. The number of amides is 1.